The molecule has 0 saturated carbocycles. The van der Waals surface area contributed by atoms with Crippen molar-refractivity contribution in [2.45, 2.75) is 18.7 Å². The van der Waals surface area contributed by atoms with Crippen molar-refractivity contribution < 1.29 is 13.5 Å². The molecule has 1 aromatic heterocycles. The minimum atomic E-state index is -3.75. The van der Waals surface area contributed by atoms with E-state index < -0.39 is 10.0 Å². The van der Waals surface area contributed by atoms with Gasteiger partial charge in [0.1, 0.15) is 11.6 Å². The van der Waals surface area contributed by atoms with Crippen molar-refractivity contribution in [2.24, 2.45) is 0 Å². The van der Waals surface area contributed by atoms with Crippen LogP contribution in [0.3, 0.4) is 0 Å². The number of aromatic nitrogens is 2. The van der Waals surface area contributed by atoms with Crippen LogP contribution in [-0.4, -0.2) is 30.3 Å². The Morgan fingerprint density at radius 1 is 1.33 bits per heavy atom. The van der Waals surface area contributed by atoms with Crippen LogP contribution in [0.1, 0.15) is 16.1 Å². The van der Waals surface area contributed by atoms with E-state index in [1.165, 1.54) is 6.07 Å². The molecule has 0 aliphatic rings. The molecule has 0 bridgehead atoms. The van der Waals surface area contributed by atoms with Crippen LogP contribution in [0.5, 0.6) is 0 Å². The molecule has 1 aromatic carbocycles. The second-order valence-electron chi connectivity index (χ2n) is 4.17. The maximum absolute atomic E-state index is 12.4. The van der Waals surface area contributed by atoms with Crippen LogP contribution >= 0.6 is 11.3 Å². The Balaban J connectivity index is 2.39. The fraction of sp³-hybridized carbons (Fsp3) is 0.231. The first-order chi connectivity index (χ1) is 9.92. The molecule has 0 saturated heterocycles. The Kier molecular flexibility index (Phi) is 4.57. The van der Waals surface area contributed by atoms with Gasteiger partial charge in [-0.2, -0.15) is 0 Å². The van der Waals surface area contributed by atoms with E-state index in [4.69, 9.17) is 5.11 Å². The second kappa shape index (κ2) is 6.22. The molecule has 0 amide bonds. The topological polar surface area (TPSA) is 92.2 Å². The second-order valence-corrected chi connectivity index (χ2v) is 7.00. The highest BCUT2D eigenvalue weighted by Gasteiger charge is 2.19. The maximum Gasteiger partial charge on any atom is 0.264 e. The molecule has 2 rings (SSSR count). The number of aryl methyl sites for hydroxylation is 2. The summed E-state index contributed by atoms with van der Waals surface area (Å²) in [5, 5.41) is 17.1. The summed E-state index contributed by atoms with van der Waals surface area (Å²) in [5.74, 6) is 5.17. The summed E-state index contributed by atoms with van der Waals surface area (Å²) < 4.78 is 27.2. The van der Waals surface area contributed by atoms with E-state index in [-0.39, 0.29) is 16.6 Å². The number of nitrogens with one attached hydrogen (secondary N) is 1. The van der Waals surface area contributed by atoms with Gasteiger partial charge in [0.15, 0.2) is 0 Å². The Labute approximate surface area is 126 Å². The van der Waals surface area contributed by atoms with Gasteiger partial charge in [-0.15, -0.1) is 10.2 Å². The lowest BCUT2D eigenvalue weighted by atomic mass is 10.1. The number of benzene rings is 1. The van der Waals surface area contributed by atoms with Crippen LogP contribution in [0, 0.1) is 25.7 Å². The molecule has 110 valence electrons. The van der Waals surface area contributed by atoms with E-state index in [1.807, 2.05) is 0 Å². The number of hydrogen-bond donors (Lipinski definition) is 2. The lowest BCUT2D eigenvalue weighted by Gasteiger charge is -2.08. The van der Waals surface area contributed by atoms with Gasteiger partial charge in [0.2, 0.25) is 5.13 Å². The summed E-state index contributed by atoms with van der Waals surface area (Å²) in [7, 11) is -3.75. The third kappa shape index (κ3) is 3.78. The molecular formula is C13H13N3O3S2. The minimum Gasteiger partial charge on any atom is -0.384 e. The van der Waals surface area contributed by atoms with Gasteiger partial charge in [-0.1, -0.05) is 29.2 Å². The number of hydrogen-bond acceptors (Lipinski definition) is 6. The minimum absolute atomic E-state index is 0.125. The average molecular weight is 323 g/mol. The van der Waals surface area contributed by atoms with Gasteiger partial charge < -0.3 is 5.11 Å². The van der Waals surface area contributed by atoms with Crippen molar-refractivity contribution in [2.75, 3.05) is 11.3 Å². The largest absolute Gasteiger partial charge is 0.384 e. The summed E-state index contributed by atoms with van der Waals surface area (Å²) >= 11 is 1.16. The molecule has 0 aliphatic heterocycles. The van der Waals surface area contributed by atoms with Gasteiger partial charge in [-0.05, 0) is 31.5 Å². The zero-order chi connectivity index (χ0) is 15.5. The van der Waals surface area contributed by atoms with E-state index in [0.717, 1.165) is 11.3 Å². The van der Waals surface area contributed by atoms with Gasteiger partial charge in [0.05, 0.1) is 4.90 Å². The average Bonchev–Trinajstić information content (AvgIpc) is 2.82. The normalized spacial score (nSPS) is 10.8. The van der Waals surface area contributed by atoms with E-state index >= 15 is 0 Å². The first kappa shape index (κ1) is 15.4. The fourth-order valence-electron chi connectivity index (χ4n) is 1.62. The van der Waals surface area contributed by atoms with Crippen molar-refractivity contribution in [1.82, 2.24) is 10.2 Å². The first-order valence-corrected chi connectivity index (χ1v) is 8.25. The molecule has 21 heavy (non-hydrogen) atoms. The SMILES string of the molecule is Cc1nnc(NS(=O)(=O)c2cc(C#CCO)ccc2C)s1. The quantitative estimate of drug-likeness (QED) is 0.831. The van der Waals surface area contributed by atoms with Gasteiger partial charge in [-0.3, -0.25) is 4.72 Å². The smallest absolute Gasteiger partial charge is 0.264 e. The highest BCUT2D eigenvalue weighted by Crippen LogP contribution is 2.22. The molecule has 1 heterocycles. The Bertz CT molecular complexity index is 817. The highest BCUT2D eigenvalue weighted by atomic mass is 32.2. The van der Waals surface area contributed by atoms with E-state index in [1.54, 1.807) is 26.0 Å². The van der Waals surface area contributed by atoms with Crippen LogP contribution in [0.4, 0.5) is 5.13 Å². The van der Waals surface area contributed by atoms with Gasteiger partial charge in [0.25, 0.3) is 10.0 Å². The number of aliphatic hydroxyl groups excluding tert-OH is 1. The summed E-state index contributed by atoms with van der Waals surface area (Å²) in [6, 6.07) is 4.83. The molecule has 2 N–H and O–H groups in total. The molecule has 8 heteroatoms. The van der Waals surface area contributed by atoms with Crippen LogP contribution in [0.2, 0.25) is 0 Å². The predicted octanol–water partition coefficient (Wildman–Crippen LogP) is 1.30. The summed E-state index contributed by atoms with van der Waals surface area (Å²) in [4.78, 5) is 0.125. The third-order valence-electron chi connectivity index (χ3n) is 2.54. The Morgan fingerprint density at radius 2 is 2.10 bits per heavy atom. The number of aliphatic hydroxyl groups is 1. The summed E-state index contributed by atoms with van der Waals surface area (Å²) in [6.07, 6.45) is 0. The van der Waals surface area contributed by atoms with Gasteiger partial charge in [0, 0.05) is 5.56 Å². The van der Waals surface area contributed by atoms with Gasteiger partial charge in [-0.25, -0.2) is 8.42 Å². The molecule has 0 unspecified atom stereocenters. The van der Waals surface area contributed by atoms with Crippen LogP contribution in [0.15, 0.2) is 23.1 Å². The van der Waals surface area contributed by atoms with E-state index in [9.17, 15) is 8.42 Å². The number of rotatable bonds is 3. The van der Waals surface area contributed by atoms with Crippen molar-refractivity contribution in [1.29, 1.82) is 0 Å². The molecule has 0 fully saturated rings. The summed E-state index contributed by atoms with van der Waals surface area (Å²) in [5.41, 5.74) is 1.11. The monoisotopic (exact) mass is 323 g/mol. The molecule has 6 nitrogen and oxygen atoms in total. The molecule has 2 aromatic rings. The molecule has 0 radical (unpaired) electrons. The maximum atomic E-state index is 12.4. The van der Waals surface area contributed by atoms with Crippen LogP contribution < -0.4 is 4.72 Å². The highest BCUT2D eigenvalue weighted by molar-refractivity contribution is 7.93. The Hall–Kier alpha value is -1.95. The van der Waals surface area contributed by atoms with Crippen molar-refractivity contribution in [3.63, 3.8) is 0 Å². The van der Waals surface area contributed by atoms with Gasteiger partial charge >= 0.3 is 0 Å². The first-order valence-electron chi connectivity index (χ1n) is 5.95. The lowest BCUT2D eigenvalue weighted by molar-refractivity contribution is 0.350. The predicted molar refractivity (Wildman–Crippen MR) is 80.6 cm³/mol. The Morgan fingerprint density at radius 3 is 2.71 bits per heavy atom. The van der Waals surface area contributed by atoms with Crippen molar-refractivity contribution in [3.05, 3.63) is 34.3 Å². The van der Waals surface area contributed by atoms with Crippen LogP contribution in [0.25, 0.3) is 0 Å². The summed E-state index contributed by atoms with van der Waals surface area (Å²) in [6.45, 7) is 3.16. The van der Waals surface area contributed by atoms with E-state index in [2.05, 4.69) is 26.8 Å². The zero-order valence-electron chi connectivity index (χ0n) is 11.4. The number of nitrogens with zero attached hydrogens (tertiary/aromatic N) is 2. The lowest BCUT2D eigenvalue weighted by Crippen LogP contribution is -2.14. The molecule has 0 aliphatic carbocycles. The number of sulfonamides is 1. The molecular weight excluding hydrogens is 310 g/mol. The number of anilines is 1. The van der Waals surface area contributed by atoms with Crippen molar-refractivity contribution >= 4 is 26.5 Å². The van der Waals surface area contributed by atoms with E-state index in [0.29, 0.717) is 16.1 Å². The fourth-order valence-corrected chi connectivity index (χ4v) is 3.71. The molecule has 0 atom stereocenters. The van der Waals surface area contributed by atoms with Crippen molar-refractivity contribution in [3.8, 4) is 11.8 Å². The van der Waals surface area contributed by atoms with Crippen LogP contribution in [-0.2, 0) is 10.0 Å². The third-order valence-corrected chi connectivity index (χ3v) is 4.90. The zero-order valence-corrected chi connectivity index (χ0v) is 13.0. The standard InChI is InChI=1S/C13H13N3O3S2/c1-9-5-6-11(4-3-7-17)8-12(9)21(18,19)16-13-15-14-10(2)20-13/h5-6,8,17H,7H2,1-2H3,(H,15,16). The molecule has 0 spiro atoms.